The molecule has 0 bridgehead atoms. The Morgan fingerprint density at radius 1 is 1.45 bits per heavy atom. The molecule has 0 aliphatic carbocycles. The predicted octanol–water partition coefficient (Wildman–Crippen LogP) is 2.78. The summed E-state index contributed by atoms with van der Waals surface area (Å²) in [7, 11) is 0. The van der Waals surface area contributed by atoms with Gasteiger partial charge in [0.1, 0.15) is 5.82 Å². The summed E-state index contributed by atoms with van der Waals surface area (Å²) in [5.41, 5.74) is 0.797. The fraction of sp³-hybridized carbons (Fsp3) is 0.500. The molecule has 0 spiro atoms. The molecule has 1 aliphatic heterocycles. The molecule has 1 aromatic carbocycles. The molecule has 1 fully saturated rings. The summed E-state index contributed by atoms with van der Waals surface area (Å²) in [5, 5.41) is 11.3. The lowest BCUT2D eigenvalue weighted by Gasteiger charge is -2.27. The van der Waals surface area contributed by atoms with Gasteiger partial charge in [0, 0.05) is 19.5 Å². The largest absolute Gasteiger partial charge is 0.481 e. The van der Waals surface area contributed by atoms with Gasteiger partial charge in [0.05, 0.1) is 6.04 Å². The van der Waals surface area contributed by atoms with E-state index in [4.69, 9.17) is 5.11 Å². The first-order valence-electron chi connectivity index (χ1n) is 7.50. The van der Waals surface area contributed by atoms with Gasteiger partial charge in [-0.15, -0.1) is 0 Å². The fourth-order valence-electron chi connectivity index (χ4n) is 2.91. The first-order chi connectivity index (χ1) is 10.5. The Balaban J connectivity index is 1.99. The van der Waals surface area contributed by atoms with E-state index < -0.39 is 5.97 Å². The lowest BCUT2D eigenvalue weighted by Crippen LogP contribution is -2.40. The second-order valence-corrected chi connectivity index (χ2v) is 5.69. The number of carbonyl (C=O) groups is 2. The van der Waals surface area contributed by atoms with Gasteiger partial charge in [-0.05, 0) is 36.5 Å². The molecule has 1 aromatic rings. The molecule has 22 heavy (non-hydrogen) atoms. The van der Waals surface area contributed by atoms with Crippen LogP contribution in [0.4, 0.5) is 9.18 Å². The average Bonchev–Trinajstić information content (AvgIpc) is 2.85. The highest BCUT2D eigenvalue weighted by atomic mass is 19.1. The Morgan fingerprint density at radius 3 is 2.91 bits per heavy atom. The molecule has 5 nitrogen and oxygen atoms in total. The van der Waals surface area contributed by atoms with Crippen molar-refractivity contribution in [2.75, 3.05) is 13.1 Å². The lowest BCUT2D eigenvalue weighted by molar-refractivity contribution is -0.137. The third-order valence-corrected chi connectivity index (χ3v) is 3.99. The third kappa shape index (κ3) is 3.96. The molecule has 2 atom stereocenters. The van der Waals surface area contributed by atoms with Crippen molar-refractivity contribution in [2.45, 2.75) is 32.2 Å². The van der Waals surface area contributed by atoms with Crippen molar-refractivity contribution in [1.82, 2.24) is 10.2 Å². The van der Waals surface area contributed by atoms with Crippen molar-refractivity contribution in [3.8, 4) is 0 Å². The zero-order chi connectivity index (χ0) is 16.1. The van der Waals surface area contributed by atoms with Crippen LogP contribution in [0.5, 0.6) is 0 Å². The number of benzene rings is 1. The Hall–Kier alpha value is -2.11. The number of aliphatic carboxylic acids is 1. The molecule has 0 saturated carbocycles. The van der Waals surface area contributed by atoms with Crippen LogP contribution >= 0.6 is 0 Å². The van der Waals surface area contributed by atoms with Crippen LogP contribution in [-0.2, 0) is 4.79 Å². The number of nitrogens with zero attached hydrogens (tertiary/aromatic N) is 1. The highest BCUT2D eigenvalue weighted by molar-refractivity contribution is 5.75. The van der Waals surface area contributed by atoms with E-state index in [1.54, 1.807) is 11.0 Å². The van der Waals surface area contributed by atoms with Gasteiger partial charge in [-0.25, -0.2) is 9.18 Å². The highest BCUT2D eigenvalue weighted by Crippen LogP contribution is 2.37. The van der Waals surface area contributed by atoms with Gasteiger partial charge in [-0.2, -0.15) is 0 Å². The molecule has 120 valence electrons. The van der Waals surface area contributed by atoms with Crippen molar-refractivity contribution < 1.29 is 19.1 Å². The summed E-state index contributed by atoms with van der Waals surface area (Å²) in [4.78, 5) is 24.4. The number of hydrogen-bond donors (Lipinski definition) is 2. The predicted molar refractivity (Wildman–Crippen MR) is 79.9 cm³/mol. The Labute approximate surface area is 129 Å². The smallest absolute Gasteiger partial charge is 0.317 e. The summed E-state index contributed by atoms with van der Waals surface area (Å²) in [6.07, 6.45) is 1.29. The van der Waals surface area contributed by atoms with Crippen LogP contribution in [-0.4, -0.2) is 35.1 Å². The van der Waals surface area contributed by atoms with Gasteiger partial charge in [-0.3, -0.25) is 4.79 Å². The van der Waals surface area contributed by atoms with Gasteiger partial charge in [-0.1, -0.05) is 19.1 Å². The van der Waals surface area contributed by atoms with Gasteiger partial charge < -0.3 is 15.3 Å². The van der Waals surface area contributed by atoms with E-state index in [-0.39, 0.29) is 30.2 Å². The zero-order valence-corrected chi connectivity index (χ0v) is 12.6. The zero-order valence-electron chi connectivity index (χ0n) is 12.6. The first-order valence-corrected chi connectivity index (χ1v) is 7.50. The number of carboxylic acid groups (broad SMARTS) is 1. The summed E-state index contributed by atoms with van der Waals surface area (Å²) >= 11 is 0. The molecule has 2 N–H and O–H groups in total. The summed E-state index contributed by atoms with van der Waals surface area (Å²) in [6, 6.07) is 5.98. The monoisotopic (exact) mass is 308 g/mol. The molecule has 1 aliphatic rings. The van der Waals surface area contributed by atoms with Crippen molar-refractivity contribution >= 4 is 12.0 Å². The van der Waals surface area contributed by atoms with E-state index in [1.807, 2.05) is 13.0 Å². The highest BCUT2D eigenvalue weighted by Gasteiger charge is 2.35. The van der Waals surface area contributed by atoms with E-state index in [2.05, 4.69) is 5.32 Å². The quantitative estimate of drug-likeness (QED) is 0.822. The maximum Gasteiger partial charge on any atom is 0.317 e. The minimum atomic E-state index is -0.873. The van der Waals surface area contributed by atoms with Crippen molar-refractivity contribution in [2.24, 2.45) is 5.92 Å². The number of amides is 2. The van der Waals surface area contributed by atoms with Crippen LogP contribution < -0.4 is 5.32 Å². The van der Waals surface area contributed by atoms with Crippen LogP contribution in [0.3, 0.4) is 0 Å². The number of hydrogen-bond acceptors (Lipinski definition) is 2. The van der Waals surface area contributed by atoms with E-state index in [9.17, 15) is 14.0 Å². The van der Waals surface area contributed by atoms with Crippen LogP contribution in [0.1, 0.15) is 37.8 Å². The third-order valence-electron chi connectivity index (χ3n) is 3.99. The molecule has 0 aromatic heterocycles. The van der Waals surface area contributed by atoms with Gasteiger partial charge >= 0.3 is 12.0 Å². The minimum absolute atomic E-state index is 0.0318. The number of rotatable bonds is 5. The maximum atomic E-state index is 13.4. The number of halogens is 1. The minimum Gasteiger partial charge on any atom is -0.481 e. The normalized spacial score (nSPS) is 20.9. The lowest BCUT2D eigenvalue weighted by atomic mass is 9.95. The molecule has 2 amide bonds. The first kappa shape index (κ1) is 16.3. The number of carbonyl (C=O) groups excluding carboxylic acids is 1. The number of urea groups is 1. The van der Waals surface area contributed by atoms with Crippen LogP contribution in [0, 0.1) is 11.7 Å². The van der Waals surface area contributed by atoms with E-state index >= 15 is 0 Å². The molecule has 0 radical (unpaired) electrons. The SMILES string of the molecule is CC1CCN(C(=O)NCCCC(=O)O)C1c1cccc(F)c1. The second-order valence-electron chi connectivity index (χ2n) is 5.69. The standard InChI is InChI=1S/C16H21FN2O3/c1-11-7-9-19(16(22)18-8-3-6-14(20)21)15(11)12-4-2-5-13(17)10-12/h2,4-5,10-11,15H,3,6-9H2,1H3,(H,18,22)(H,20,21). The molecular formula is C16H21FN2O3. The van der Waals surface area contributed by atoms with Crippen molar-refractivity contribution in [3.05, 3.63) is 35.6 Å². The molecule has 1 heterocycles. The topological polar surface area (TPSA) is 69.6 Å². The van der Waals surface area contributed by atoms with Gasteiger partial charge in [0.15, 0.2) is 0 Å². The van der Waals surface area contributed by atoms with Crippen LogP contribution in [0.2, 0.25) is 0 Å². The maximum absolute atomic E-state index is 13.4. The fourth-order valence-corrected chi connectivity index (χ4v) is 2.91. The molecule has 6 heteroatoms. The number of carboxylic acids is 1. The Morgan fingerprint density at radius 2 is 2.23 bits per heavy atom. The molecule has 2 unspecified atom stereocenters. The van der Waals surface area contributed by atoms with Crippen LogP contribution in [0.15, 0.2) is 24.3 Å². The Kier molecular flexibility index (Phi) is 5.35. The summed E-state index contributed by atoms with van der Waals surface area (Å²) in [5.74, 6) is -0.924. The number of likely N-dealkylation sites (tertiary alicyclic amines) is 1. The number of nitrogens with one attached hydrogen (secondary N) is 1. The Bertz CT molecular complexity index is 550. The molecular weight excluding hydrogens is 287 g/mol. The van der Waals surface area contributed by atoms with E-state index in [1.165, 1.54) is 12.1 Å². The van der Waals surface area contributed by atoms with Gasteiger partial charge in [0.2, 0.25) is 0 Å². The van der Waals surface area contributed by atoms with Crippen molar-refractivity contribution in [1.29, 1.82) is 0 Å². The van der Waals surface area contributed by atoms with E-state index in [0.717, 1.165) is 12.0 Å². The van der Waals surface area contributed by atoms with Crippen molar-refractivity contribution in [3.63, 3.8) is 0 Å². The second kappa shape index (κ2) is 7.24. The summed E-state index contributed by atoms with van der Waals surface area (Å²) in [6.45, 7) is 2.99. The molecule has 1 saturated heterocycles. The average molecular weight is 308 g/mol. The van der Waals surface area contributed by atoms with E-state index in [0.29, 0.717) is 19.5 Å². The summed E-state index contributed by atoms with van der Waals surface area (Å²) < 4.78 is 13.4. The van der Waals surface area contributed by atoms with Crippen LogP contribution in [0.25, 0.3) is 0 Å². The molecule has 2 rings (SSSR count). The van der Waals surface area contributed by atoms with Gasteiger partial charge in [0.25, 0.3) is 0 Å².